The second kappa shape index (κ2) is 9.54. The Kier molecular flexibility index (Phi) is 6.23. The fourth-order valence-electron chi connectivity index (χ4n) is 5.05. The van der Waals surface area contributed by atoms with E-state index in [1.165, 1.54) is 36.4 Å². The number of nitrogens with zero attached hydrogens (tertiary/aromatic N) is 4. The first-order valence-corrected chi connectivity index (χ1v) is 11.9. The molecule has 3 aliphatic rings. The van der Waals surface area contributed by atoms with Crippen LogP contribution in [-0.4, -0.2) is 64.4 Å². The number of nitro groups is 1. The van der Waals surface area contributed by atoms with Crippen LogP contribution in [0.3, 0.4) is 0 Å². The third kappa shape index (κ3) is 3.99. The third-order valence-corrected chi connectivity index (χ3v) is 6.88. The van der Waals surface area contributed by atoms with Gasteiger partial charge in [0, 0.05) is 24.9 Å². The highest BCUT2D eigenvalue weighted by Gasteiger charge is 2.45. The molecule has 1 N–H and O–H groups in total. The zero-order valence-corrected chi connectivity index (χ0v) is 20.5. The number of hydrogen-bond donors (Lipinski definition) is 1. The van der Waals surface area contributed by atoms with Gasteiger partial charge in [-0.15, -0.1) is 0 Å². The van der Waals surface area contributed by atoms with Gasteiger partial charge in [-0.1, -0.05) is 24.3 Å². The van der Waals surface area contributed by atoms with Crippen LogP contribution >= 0.6 is 0 Å². The second-order valence-electron chi connectivity index (χ2n) is 9.06. The summed E-state index contributed by atoms with van der Waals surface area (Å²) in [4.78, 5) is 69.8. The number of hydrogen-bond acceptors (Lipinski definition) is 9. The highest BCUT2D eigenvalue weighted by Crippen LogP contribution is 2.40. The van der Waals surface area contributed by atoms with Crippen LogP contribution in [-0.2, 0) is 9.53 Å². The Morgan fingerprint density at radius 2 is 1.79 bits per heavy atom. The number of nitro benzene ring substituents is 1. The maximum Gasteiger partial charge on any atom is 0.411 e. The molecule has 12 nitrogen and oxygen atoms in total. The summed E-state index contributed by atoms with van der Waals surface area (Å²) in [6.07, 6.45) is 0.181. The van der Waals surface area contributed by atoms with Crippen molar-refractivity contribution in [2.45, 2.75) is 25.6 Å². The molecule has 194 valence electrons. The van der Waals surface area contributed by atoms with Gasteiger partial charge >= 0.3 is 6.09 Å². The van der Waals surface area contributed by atoms with E-state index in [0.29, 0.717) is 16.7 Å². The van der Waals surface area contributed by atoms with Crippen molar-refractivity contribution in [2.75, 3.05) is 13.7 Å². The fourth-order valence-corrected chi connectivity index (χ4v) is 5.05. The maximum atomic E-state index is 13.8. The van der Waals surface area contributed by atoms with E-state index in [4.69, 9.17) is 4.74 Å². The molecule has 0 fully saturated rings. The Balaban J connectivity index is 1.46. The Bertz CT molecular complexity index is 1410. The van der Waals surface area contributed by atoms with Gasteiger partial charge in [0.1, 0.15) is 12.0 Å². The monoisotopic (exact) mass is 517 g/mol. The van der Waals surface area contributed by atoms with E-state index in [2.05, 4.69) is 10.3 Å². The van der Waals surface area contributed by atoms with Crippen molar-refractivity contribution in [3.05, 3.63) is 86.7 Å². The van der Waals surface area contributed by atoms with Gasteiger partial charge in [0.15, 0.2) is 5.78 Å². The van der Waals surface area contributed by atoms with Gasteiger partial charge in [-0.2, -0.15) is 0 Å². The van der Waals surface area contributed by atoms with Crippen LogP contribution in [0.15, 0.2) is 64.9 Å². The zero-order valence-electron chi connectivity index (χ0n) is 20.5. The van der Waals surface area contributed by atoms with E-state index in [9.17, 15) is 29.3 Å². The smallest absolute Gasteiger partial charge is 0.411 e. The summed E-state index contributed by atoms with van der Waals surface area (Å²) < 4.78 is 4.96. The quantitative estimate of drug-likeness (QED) is 0.361. The maximum absolute atomic E-state index is 13.8. The first-order valence-electron chi connectivity index (χ1n) is 11.9. The molecule has 0 aliphatic carbocycles. The minimum atomic E-state index is -1.01. The van der Waals surface area contributed by atoms with E-state index in [-0.39, 0.29) is 35.8 Å². The van der Waals surface area contributed by atoms with E-state index in [0.717, 1.165) is 4.90 Å². The number of aliphatic imine (C=N–C) groups is 1. The number of fused-ring (bicyclic) bond motifs is 1. The molecule has 5 rings (SSSR count). The van der Waals surface area contributed by atoms with Gasteiger partial charge in [0.2, 0.25) is 0 Å². The minimum Gasteiger partial charge on any atom is -0.453 e. The Morgan fingerprint density at radius 3 is 2.42 bits per heavy atom. The minimum absolute atomic E-state index is 0.0105. The van der Waals surface area contributed by atoms with Gasteiger partial charge in [-0.3, -0.25) is 34.3 Å². The summed E-state index contributed by atoms with van der Waals surface area (Å²) in [6, 6.07) is 11.2. The van der Waals surface area contributed by atoms with Crippen molar-refractivity contribution in [1.29, 1.82) is 0 Å². The van der Waals surface area contributed by atoms with Crippen LogP contribution in [0.2, 0.25) is 0 Å². The Labute approximate surface area is 216 Å². The topological polar surface area (TPSA) is 152 Å². The molecule has 0 saturated heterocycles. The molecule has 2 aromatic carbocycles. The van der Waals surface area contributed by atoms with E-state index in [1.807, 2.05) is 0 Å². The van der Waals surface area contributed by atoms with Gasteiger partial charge in [0.25, 0.3) is 17.5 Å². The molecular formula is C26H23N5O7. The van der Waals surface area contributed by atoms with Gasteiger partial charge in [0.05, 0.1) is 40.7 Å². The molecule has 12 heteroatoms. The number of rotatable bonds is 5. The number of carbonyl (C=O) groups excluding carboxylic acids is 4. The summed E-state index contributed by atoms with van der Waals surface area (Å²) in [5, 5.41) is 14.5. The van der Waals surface area contributed by atoms with Crippen molar-refractivity contribution in [3.8, 4) is 0 Å². The summed E-state index contributed by atoms with van der Waals surface area (Å²) in [5.74, 6) is -1.78. The summed E-state index contributed by atoms with van der Waals surface area (Å²) in [6.45, 7) is 1.67. The number of non-ortho nitro benzene ring substituents is 1. The molecule has 0 saturated carbocycles. The molecule has 38 heavy (non-hydrogen) atoms. The van der Waals surface area contributed by atoms with Crippen molar-refractivity contribution < 1.29 is 28.8 Å². The number of nitrogens with one attached hydrogen (secondary N) is 1. The average Bonchev–Trinajstić information content (AvgIpc) is 3.16. The molecule has 0 aromatic heterocycles. The van der Waals surface area contributed by atoms with Gasteiger partial charge < -0.3 is 10.1 Å². The Hall–Kier alpha value is -4.87. The largest absolute Gasteiger partial charge is 0.453 e. The highest BCUT2D eigenvalue weighted by atomic mass is 16.6. The molecule has 3 heterocycles. The number of Topliss-reactive ketones (excluding diaryl/α,β-unsaturated/α-hetero) is 1. The van der Waals surface area contributed by atoms with Crippen molar-refractivity contribution in [2.24, 2.45) is 10.9 Å². The van der Waals surface area contributed by atoms with Crippen molar-refractivity contribution in [3.63, 3.8) is 0 Å². The molecule has 3 amide bonds. The molecule has 0 spiro atoms. The molecule has 0 radical (unpaired) electrons. The van der Waals surface area contributed by atoms with Crippen molar-refractivity contribution >= 4 is 35.6 Å². The number of methoxy groups -OCH3 is 1. The number of imide groups is 1. The van der Waals surface area contributed by atoms with Gasteiger partial charge in [-0.25, -0.2) is 9.79 Å². The van der Waals surface area contributed by atoms with E-state index in [1.54, 1.807) is 37.3 Å². The van der Waals surface area contributed by atoms with E-state index < -0.39 is 41.0 Å². The molecular weight excluding hydrogens is 494 g/mol. The predicted molar refractivity (Wildman–Crippen MR) is 133 cm³/mol. The van der Waals surface area contributed by atoms with Gasteiger partial charge in [-0.05, 0) is 31.0 Å². The number of ketones is 1. The van der Waals surface area contributed by atoms with E-state index >= 15 is 0 Å². The molecule has 2 aromatic rings. The highest BCUT2D eigenvalue weighted by molar-refractivity contribution is 6.21. The number of ether oxygens (including phenoxy) is 1. The summed E-state index contributed by atoms with van der Waals surface area (Å²) in [5.41, 5.74) is 0.917. The number of benzene rings is 2. The number of carbonyl (C=O) groups is 4. The van der Waals surface area contributed by atoms with Crippen LogP contribution < -0.4 is 5.32 Å². The molecule has 3 atom stereocenters. The van der Waals surface area contributed by atoms with Crippen LogP contribution in [0.4, 0.5) is 10.5 Å². The number of amides is 3. The predicted octanol–water partition coefficient (Wildman–Crippen LogP) is 2.82. The zero-order chi connectivity index (χ0) is 27.1. The van der Waals surface area contributed by atoms with Crippen LogP contribution in [0.1, 0.15) is 45.7 Å². The van der Waals surface area contributed by atoms with Crippen LogP contribution in [0, 0.1) is 16.0 Å². The fraction of sp³-hybridized carbons (Fsp3) is 0.269. The SMILES string of the molecule is COC(=O)N1C(C)NC2=C(C(=O)C(CCN3C(=O)c4ccccc4C3=O)C=N2)C1c1cccc([N+](=O)[O-])c1. The lowest BCUT2D eigenvalue weighted by molar-refractivity contribution is -0.384. The first kappa shape index (κ1) is 24.8. The summed E-state index contributed by atoms with van der Waals surface area (Å²) in [7, 11) is 1.20. The average molecular weight is 517 g/mol. The lowest BCUT2D eigenvalue weighted by atomic mass is 9.84. The normalized spacial score (nSPS) is 22.3. The lowest BCUT2D eigenvalue weighted by Crippen LogP contribution is -2.55. The van der Waals surface area contributed by atoms with Crippen LogP contribution in [0.5, 0.6) is 0 Å². The standard InChI is InChI=1S/C26H23N5O7/c1-14-28-23-20(21(30(14)26(35)38-2)15-6-5-7-17(12-15)31(36)37)22(32)16(13-27-23)10-11-29-24(33)18-8-3-4-9-19(18)25(29)34/h3-9,12-14,16,21,28H,10-11H2,1-2H3. The summed E-state index contributed by atoms with van der Waals surface area (Å²) >= 11 is 0. The second-order valence-corrected chi connectivity index (χ2v) is 9.06. The Morgan fingerprint density at radius 1 is 1.11 bits per heavy atom. The van der Waals surface area contributed by atoms with Crippen molar-refractivity contribution in [1.82, 2.24) is 15.1 Å². The van der Waals surface area contributed by atoms with Crippen LogP contribution in [0.25, 0.3) is 0 Å². The lowest BCUT2D eigenvalue weighted by Gasteiger charge is -2.43. The first-order chi connectivity index (χ1) is 18.2. The molecule has 3 unspecified atom stereocenters. The molecule has 3 aliphatic heterocycles. The molecule has 0 bridgehead atoms. The third-order valence-electron chi connectivity index (χ3n) is 6.88.